The number of aromatic nitrogens is 2. The maximum atomic E-state index is 12.9. The molecule has 0 unspecified atom stereocenters. The maximum Gasteiger partial charge on any atom is 0.295 e. The van der Waals surface area contributed by atoms with Crippen LogP contribution in [0.1, 0.15) is 29.2 Å². The van der Waals surface area contributed by atoms with Gasteiger partial charge in [-0.1, -0.05) is 60.2 Å². The molecule has 1 N–H and O–H groups in total. The molecular weight excluding hydrogens is 378 g/mol. The number of hydrogen-bond acceptors (Lipinski definition) is 4. The highest BCUT2D eigenvalue weighted by atomic mass is 16.3. The molecule has 0 bridgehead atoms. The first kappa shape index (κ1) is 19.6. The highest BCUT2D eigenvalue weighted by molar-refractivity contribution is 6.46. The van der Waals surface area contributed by atoms with E-state index in [1.54, 1.807) is 29.6 Å². The zero-order chi connectivity index (χ0) is 21.1. The molecular formula is C24H23N3O3. The number of aryl methyl sites for hydroxylation is 2. The quantitative estimate of drug-likeness (QED) is 0.388. The number of carbonyl (C=O) groups is 2. The topological polar surface area (TPSA) is 75.4 Å². The molecule has 6 nitrogen and oxygen atoms in total. The summed E-state index contributed by atoms with van der Waals surface area (Å²) in [5, 5.41) is 11.0. The van der Waals surface area contributed by atoms with Crippen LogP contribution < -0.4 is 0 Å². The molecule has 1 fully saturated rings. The van der Waals surface area contributed by atoms with Gasteiger partial charge < -0.3 is 14.6 Å². The van der Waals surface area contributed by atoms with E-state index in [9.17, 15) is 14.7 Å². The predicted octanol–water partition coefficient (Wildman–Crippen LogP) is 3.70. The van der Waals surface area contributed by atoms with E-state index in [0.717, 1.165) is 11.1 Å². The van der Waals surface area contributed by atoms with Crippen LogP contribution >= 0.6 is 0 Å². The molecule has 0 aliphatic carbocycles. The molecule has 0 radical (unpaired) electrons. The number of ketones is 1. The van der Waals surface area contributed by atoms with Gasteiger partial charge in [0, 0.05) is 31.0 Å². The number of Topliss-reactive ketones (excluding diaryl/α,β-unsaturated/α-hetero) is 1. The van der Waals surface area contributed by atoms with Crippen molar-refractivity contribution < 1.29 is 14.7 Å². The van der Waals surface area contributed by atoms with Crippen LogP contribution in [0.25, 0.3) is 5.76 Å². The third-order valence-corrected chi connectivity index (χ3v) is 5.35. The Morgan fingerprint density at radius 3 is 2.43 bits per heavy atom. The van der Waals surface area contributed by atoms with Crippen LogP contribution in [-0.4, -0.2) is 37.8 Å². The number of aliphatic hydroxyl groups is 1. The molecule has 30 heavy (non-hydrogen) atoms. The lowest BCUT2D eigenvalue weighted by Crippen LogP contribution is -2.31. The Balaban J connectivity index is 1.71. The van der Waals surface area contributed by atoms with Crippen molar-refractivity contribution >= 4 is 17.4 Å². The van der Waals surface area contributed by atoms with E-state index in [4.69, 9.17) is 0 Å². The number of likely N-dealkylation sites (tertiary alicyclic amines) is 1. The molecule has 0 spiro atoms. The van der Waals surface area contributed by atoms with E-state index in [1.165, 1.54) is 0 Å². The molecule has 1 aliphatic rings. The van der Waals surface area contributed by atoms with E-state index in [2.05, 4.69) is 4.98 Å². The highest BCUT2D eigenvalue weighted by Crippen LogP contribution is 2.39. The fourth-order valence-electron chi connectivity index (χ4n) is 3.80. The standard InChI is InChI=1S/C24H23N3O3/c1-17-8-10-19(11-9-17)22(28)20-21(18-6-3-2-4-7-18)27(24(30)23(20)29)14-5-13-26-15-12-25-16-26/h2-4,6-12,15-16,21,28H,5,13-14H2,1H3/t21-/m1/s1. The van der Waals surface area contributed by atoms with Crippen molar-refractivity contribution in [3.05, 3.63) is 95.6 Å². The van der Waals surface area contributed by atoms with Gasteiger partial charge in [-0.05, 0) is 18.9 Å². The molecule has 1 saturated heterocycles. The Morgan fingerprint density at radius 1 is 1.03 bits per heavy atom. The second kappa shape index (κ2) is 8.37. The first-order chi connectivity index (χ1) is 14.6. The van der Waals surface area contributed by atoms with Crippen molar-refractivity contribution in [3.8, 4) is 0 Å². The van der Waals surface area contributed by atoms with Crippen molar-refractivity contribution in [2.45, 2.75) is 25.9 Å². The molecule has 1 aliphatic heterocycles. The number of nitrogens with zero attached hydrogens (tertiary/aromatic N) is 3. The molecule has 4 rings (SSSR count). The average molecular weight is 401 g/mol. The Labute approximate surface area is 175 Å². The molecule has 152 valence electrons. The maximum absolute atomic E-state index is 12.9. The smallest absolute Gasteiger partial charge is 0.295 e. The second-order valence-electron chi connectivity index (χ2n) is 7.42. The summed E-state index contributed by atoms with van der Waals surface area (Å²) in [7, 11) is 0. The third-order valence-electron chi connectivity index (χ3n) is 5.35. The van der Waals surface area contributed by atoms with Gasteiger partial charge in [0.15, 0.2) is 0 Å². The molecule has 6 heteroatoms. The van der Waals surface area contributed by atoms with E-state index in [1.807, 2.05) is 60.2 Å². The van der Waals surface area contributed by atoms with Gasteiger partial charge in [-0.25, -0.2) is 4.98 Å². The summed E-state index contributed by atoms with van der Waals surface area (Å²) in [5.41, 5.74) is 2.51. The average Bonchev–Trinajstić information content (AvgIpc) is 3.37. The number of aliphatic hydroxyl groups excluding tert-OH is 1. The number of amides is 1. The molecule has 2 aromatic carbocycles. The monoisotopic (exact) mass is 401 g/mol. The summed E-state index contributed by atoms with van der Waals surface area (Å²) in [5.74, 6) is -1.37. The van der Waals surface area contributed by atoms with Gasteiger partial charge in [0.25, 0.3) is 11.7 Å². The van der Waals surface area contributed by atoms with Crippen LogP contribution in [0.2, 0.25) is 0 Å². The van der Waals surface area contributed by atoms with Crippen LogP contribution in [0.4, 0.5) is 0 Å². The first-order valence-corrected chi connectivity index (χ1v) is 9.92. The SMILES string of the molecule is Cc1ccc(C(O)=C2C(=O)C(=O)N(CCCn3ccnc3)[C@@H]2c2ccccc2)cc1. The molecule has 2 heterocycles. The second-order valence-corrected chi connectivity index (χ2v) is 7.42. The number of carbonyl (C=O) groups excluding carboxylic acids is 2. The van der Waals surface area contributed by atoms with E-state index >= 15 is 0 Å². The zero-order valence-corrected chi connectivity index (χ0v) is 16.7. The summed E-state index contributed by atoms with van der Waals surface area (Å²) < 4.78 is 1.93. The molecule has 3 aromatic rings. The summed E-state index contributed by atoms with van der Waals surface area (Å²) in [6.45, 7) is 3.03. The van der Waals surface area contributed by atoms with Crippen LogP contribution in [0.3, 0.4) is 0 Å². The molecule has 1 aromatic heterocycles. The highest BCUT2D eigenvalue weighted by Gasteiger charge is 2.45. The van der Waals surface area contributed by atoms with Crippen LogP contribution in [-0.2, 0) is 16.1 Å². The molecule has 0 saturated carbocycles. The van der Waals surface area contributed by atoms with Gasteiger partial charge in [-0.3, -0.25) is 9.59 Å². The molecule has 1 amide bonds. The van der Waals surface area contributed by atoms with Crippen LogP contribution in [0, 0.1) is 6.92 Å². The number of imidazole rings is 1. The largest absolute Gasteiger partial charge is 0.507 e. The Bertz CT molecular complexity index is 1070. The van der Waals surface area contributed by atoms with Gasteiger partial charge in [-0.2, -0.15) is 0 Å². The molecule has 1 atom stereocenters. The normalized spacial score (nSPS) is 18.2. The Morgan fingerprint density at radius 2 is 1.77 bits per heavy atom. The van der Waals surface area contributed by atoms with Crippen LogP contribution in [0.5, 0.6) is 0 Å². The fourth-order valence-corrected chi connectivity index (χ4v) is 3.80. The van der Waals surface area contributed by atoms with Gasteiger partial charge in [0.1, 0.15) is 5.76 Å². The Kier molecular flexibility index (Phi) is 5.48. The Hall–Kier alpha value is -3.67. The van der Waals surface area contributed by atoms with Gasteiger partial charge >= 0.3 is 0 Å². The minimum Gasteiger partial charge on any atom is -0.507 e. The zero-order valence-electron chi connectivity index (χ0n) is 16.7. The van der Waals surface area contributed by atoms with Crippen molar-refractivity contribution in [2.75, 3.05) is 6.54 Å². The number of benzene rings is 2. The summed E-state index contributed by atoms with van der Waals surface area (Å²) in [4.78, 5) is 31.4. The number of rotatable bonds is 6. The minimum absolute atomic E-state index is 0.137. The van der Waals surface area contributed by atoms with Gasteiger partial charge in [-0.15, -0.1) is 0 Å². The van der Waals surface area contributed by atoms with Crippen molar-refractivity contribution in [3.63, 3.8) is 0 Å². The lowest BCUT2D eigenvalue weighted by Gasteiger charge is -2.25. The van der Waals surface area contributed by atoms with E-state index in [-0.39, 0.29) is 11.3 Å². The van der Waals surface area contributed by atoms with Crippen molar-refractivity contribution in [1.82, 2.24) is 14.5 Å². The summed E-state index contributed by atoms with van der Waals surface area (Å²) >= 11 is 0. The van der Waals surface area contributed by atoms with Gasteiger partial charge in [0.05, 0.1) is 17.9 Å². The predicted molar refractivity (Wildman–Crippen MR) is 113 cm³/mol. The van der Waals surface area contributed by atoms with Crippen molar-refractivity contribution in [2.24, 2.45) is 0 Å². The third kappa shape index (κ3) is 3.76. The first-order valence-electron chi connectivity index (χ1n) is 9.92. The lowest BCUT2D eigenvalue weighted by molar-refractivity contribution is -0.139. The summed E-state index contributed by atoms with van der Waals surface area (Å²) in [6.07, 6.45) is 5.95. The lowest BCUT2D eigenvalue weighted by atomic mass is 9.95. The van der Waals surface area contributed by atoms with Crippen molar-refractivity contribution in [1.29, 1.82) is 0 Å². The van der Waals surface area contributed by atoms with E-state index in [0.29, 0.717) is 25.1 Å². The van der Waals surface area contributed by atoms with E-state index < -0.39 is 17.7 Å². The summed E-state index contributed by atoms with van der Waals surface area (Å²) in [6, 6.07) is 16.0. The fraction of sp³-hybridized carbons (Fsp3) is 0.208. The minimum atomic E-state index is -0.649. The van der Waals surface area contributed by atoms with Crippen LogP contribution in [0.15, 0.2) is 78.9 Å². The van der Waals surface area contributed by atoms with Gasteiger partial charge in [0.2, 0.25) is 0 Å². The number of hydrogen-bond donors (Lipinski definition) is 1.